The van der Waals surface area contributed by atoms with Gasteiger partial charge in [0.1, 0.15) is 10.7 Å². The molecule has 0 aromatic heterocycles. The Kier molecular flexibility index (Phi) is 3.14. The first-order valence-electron chi connectivity index (χ1n) is 7.58. The van der Waals surface area contributed by atoms with Crippen LogP contribution in [0, 0.1) is 23.6 Å². The van der Waals surface area contributed by atoms with E-state index in [0.29, 0.717) is 30.7 Å². The topological polar surface area (TPSA) is 37.4 Å². The number of hydrogen-bond donors (Lipinski definition) is 0. The first kappa shape index (κ1) is 15.4. The van der Waals surface area contributed by atoms with Gasteiger partial charge in [0.25, 0.3) is 0 Å². The maximum atomic E-state index is 13.9. The predicted molar refractivity (Wildman–Crippen MR) is 73.4 cm³/mol. The van der Waals surface area contributed by atoms with E-state index >= 15 is 0 Å². The molecule has 3 nitrogen and oxygen atoms in total. The molecule has 3 aliphatic rings. The summed E-state index contributed by atoms with van der Waals surface area (Å²) < 4.78 is 78.8. The zero-order chi connectivity index (χ0) is 16.6. The Hall–Kier alpha value is -1.15. The molecule has 2 saturated carbocycles. The second kappa shape index (κ2) is 4.69. The second-order valence-electron chi connectivity index (χ2n) is 6.71. The van der Waals surface area contributed by atoms with E-state index in [9.17, 15) is 26.0 Å². The van der Waals surface area contributed by atoms with Gasteiger partial charge in [-0.15, -0.1) is 0 Å². The number of fused-ring (bicyclic) bond motifs is 5. The lowest BCUT2D eigenvalue weighted by Gasteiger charge is -2.49. The van der Waals surface area contributed by atoms with Crippen molar-refractivity contribution in [2.75, 3.05) is 6.54 Å². The fourth-order valence-corrected chi connectivity index (χ4v) is 6.40. The largest absolute Gasteiger partial charge is 0.416 e. The first-order valence-corrected chi connectivity index (χ1v) is 9.02. The number of benzene rings is 1. The standard InChI is InChI=1S/C15H15F4NO2S/c16-12-4-3-10(15(17,18)19)6-13(12)23(21,22)20-7-11-8-1-2-9(5-8)14(11)20/h3-4,6,8-9,11,14H,1-2,5,7H2. The number of alkyl halides is 3. The van der Waals surface area contributed by atoms with Crippen LogP contribution < -0.4 is 0 Å². The van der Waals surface area contributed by atoms with Crippen LogP contribution in [0.15, 0.2) is 23.1 Å². The van der Waals surface area contributed by atoms with Gasteiger partial charge in [0.05, 0.1) is 5.56 Å². The summed E-state index contributed by atoms with van der Waals surface area (Å²) >= 11 is 0. The SMILES string of the molecule is O=S(=O)(c1cc(C(F)(F)F)ccc1F)N1CC2C3CCC(C3)C21. The molecule has 1 aliphatic heterocycles. The first-order chi connectivity index (χ1) is 10.7. The van der Waals surface area contributed by atoms with Gasteiger partial charge < -0.3 is 0 Å². The molecule has 126 valence electrons. The molecule has 4 atom stereocenters. The van der Waals surface area contributed by atoms with Crippen molar-refractivity contribution in [2.24, 2.45) is 17.8 Å². The summed E-state index contributed by atoms with van der Waals surface area (Å²) in [5.74, 6) is -0.0628. The van der Waals surface area contributed by atoms with E-state index in [2.05, 4.69) is 0 Å². The Morgan fingerprint density at radius 1 is 1.13 bits per heavy atom. The Labute approximate surface area is 131 Å². The van der Waals surface area contributed by atoms with Crippen LogP contribution in [0.25, 0.3) is 0 Å². The quantitative estimate of drug-likeness (QED) is 0.769. The summed E-state index contributed by atoms with van der Waals surface area (Å²) in [5.41, 5.74) is -1.15. The molecule has 1 aromatic carbocycles. The zero-order valence-electron chi connectivity index (χ0n) is 12.1. The van der Waals surface area contributed by atoms with Crippen LogP contribution in [0.2, 0.25) is 0 Å². The zero-order valence-corrected chi connectivity index (χ0v) is 12.9. The molecule has 3 fully saturated rings. The minimum absolute atomic E-state index is 0.160. The van der Waals surface area contributed by atoms with Gasteiger partial charge in [-0.05, 0) is 55.2 Å². The van der Waals surface area contributed by atoms with E-state index in [1.165, 1.54) is 4.31 Å². The summed E-state index contributed by atoms with van der Waals surface area (Å²) in [6, 6.07) is 1.39. The number of halogens is 4. The molecule has 2 aliphatic carbocycles. The predicted octanol–water partition coefficient (Wildman–Crippen LogP) is 3.26. The third kappa shape index (κ3) is 2.14. The Morgan fingerprint density at radius 2 is 1.83 bits per heavy atom. The third-order valence-corrected chi connectivity index (χ3v) is 7.49. The number of sulfonamides is 1. The van der Waals surface area contributed by atoms with E-state index in [1.807, 2.05) is 0 Å². The highest BCUT2D eigenvalue weighted by Crippen LogP contribution is 2.56. The average molecular weight is 349 g/mol. The molecule has 0 radical (unpaired) electrons. The van der Waals surface area contributed by atoms with Crippen LogP contribution >= 0.6 is 0 Å². The van der Waals surface area contributed by atoms with E-state index in [-0.39, 0.29) is 17.9 Å². The van der Waals surface area contributed by atoms with Crippen LogP contribution in [0.1, 0.15) is 24.8 Å². The van der Waals surface area contributed by atoms with Gasteiger partial charge >= 0.3 is 6.18 Å². The summed E-state index contributed by atoms with van der Waals surface area (Å²) in [6.45, 7) is 0.295. The van der Waals surface area contributed by atoms with Crippen molar-refractivity contribution in [1.82, 2.24) is 4.31 Å². The lowest BCUT2D eigenvalue weighted by molar-refractivity contribution is -0.137. The lowest BCUT2D eigenvalue weighted by atomic mass is 9.79. The summed E-state index contributed by atoms with van der Waals surface area (Å²) in [4.78, 5) is -0.867. The molecule has 0 spiro atoms. The van der Waals surface area contributed by atoms with Crippen molar-refractivity contribution in [1.29, 1.82) is 0 Å². The van der Waals surface area contributed by atoms with Gasteiger partial charge in [-0.3, -0.25) is 0 Å². The Morgan fingerprint density at radius 3 is 2.48 bits per heavy atom. The monoisotopic (exact) mass is 349 g/mol. The molecular weight excluding hydrogens is 334 g/mol. The Bertz CT molecular complexity index is 759. The van der Waals surface area contributed by atoms with Crippen LogP contribution in [0.3, 0.4) is 0 Å². The highest BCUT2D eigenvalue weighted by molar-refractivity contribution is 7.89. The highest BCUT2D eigenvalue weighted by atomic mass is 32.2. The lowest BCUT2D eigenvalue weighted by Crippen LogP contribution is -2.60. The molecule has 0 amide bonds. The van der Waals surface area contributed by atoms with Crippen molar-refractivity contribution in [3.05, 3.63) is 29.6 Å². The molecule has 1 heterocycles. The maximum Gasteiger partial charge on any atom is 0.416 e. The normalized spacial score (nSPS) is 33.6. The fraction of sp³-hybridized carbons (Fsp3) is 0.600. The highest BCUT2D eigenvalue weighted by Gasteiger charge is 2.60. The van der Waals surface area contributed by atoms with Crippen molar-refractivity contribution < 1.29 is 26.0 Å². The van der Waals surface area contributed by atoms with Gasteiger partial charge in [-0.1, -0.05) is 0 Å². The van der Waals surface area contributed by atoms with Gasteiger partial charge in [-0.2, -0.15) is 17.5 Å². The molecule has 8 heteroatoms. The van der Waals surface area contributed by atoms with Crippen LogP contribution in [-0.4, -0.2) is 25.3 Å². The number of nitrogens with zero attached hydrogens (tertiary/aromatic N) is 1. The molecule has 23 heavy (non-hydrogen) atoms. The van der Waals surface area contributed by atoms with Crippen molar-refractivity contribution in [3.8, 4) is 0 Å². The average Bonchev–Trinajstić information content (AvgIpc) is 2.93. The van der Waals surface area contributed by atoms with E-state index < -0.39 is 32.5 Å². The van der Waals surface area contributed by atoms with E-state index in [4.69, 9.17) is 0 Å². The van der Waals surface area contributed by atoms with E-state index in [1.54, 1.807) is 0 Å². The van der Waals surface area contributed by atoms with Gasteiger partial charge in [-0.25, -0.2) is 12.8 Å². The van der Waals surface area contributed by atoms with Crippen LogP contribution in [-0.2, 0) is 16.2 Å². The van der Waals surface area contributed by atoms with Crippen molar-refractivity contribution in [2.45, 2.75) is 36.4 Å². The Balaban J connectivity index is 1.70. The molecule has 4 unspecified atom stereocenters. The minimum Gasteiger partial charge on any atom is -0.207 e. The molecule has 0 N–H and O–H groups in total. The van der Waals surface area contributed by atoms with Crippen LogP contribution in [0.5, 0.6) is 0 Å². The number of rotatable bonds is 2. The second-order valence-corrected chi connectivity index (χ2v) is 8.56. The smallest absolute Gasteiger partial charge is 0.207 e. The number of hydrogen-bond acceptors (Lipinski definition) is 2. The van der Waals surface area contributed by atoms with Crippen molar-refractivity contribution >= 4 is 10.0 Å². The summed E-state index contributed by atoms with van der Waals surface area (Å²) in [5, 5.41) is 0. The van der Waals surface area contributed by atoms with Gasteiger partial charge in [0.15, 0.2) is 0 Å². The maximum absolute atomic E-state index is 13.9. The fourth-order valence-electron chi connectivity index (χ4n) is 4.54. The molecule has 4 rings (SSSR count). The van der Waals surface area contributed by atoms with Gasteiger partial charge in [0, 0.05) is 12.6 Å². The van der Waals surface area contributed by atoms with E-state index in [0.717, 1.165) is 19.3 Å². The van der Waals surface area contributed by atoms with Crippen LogP contribution in [0.4, 0.5) is 17.6 Å². The molecule has 1 aromatic rings. The summed E-state index contributed by atoms with van der Waals surface area (Å²) in [7, 11) is -4.23. The van der Waals surface area contributed by atoms with Gasteiger partial charge in [0.2, 0.25) is 10.0 Å². The van der Waals surface area contributed by atoms with Crippen molar-refractivity contribution in [3.63, 3.8) is 0 Å². The third-order valence-electron chi connectivity index (χ3n) is 5.61. The molecule has 1 saturated heterocycles. The molecule has 2 bridgehead atoms. The molecular formula is C15H15F4NO2S. The summed E-state index contributed by atoms with van der Waals surface area (Å²) in [6.07, 6.45) is -1.69. The minimum atomic E-state index is -4.71.